The van der Waals surface area contributed by atoms with Crippen LogP contribution in [0.2, 0.25) is 0 Å². The Kier molecular flexibility index (Phi) is 3.13. The third kappa shape index (κ3) is 2.68. The third-order valence-corrected chi connectivity index (χ3v) is 3.44. The first kappa shape index (κ1) is 13.0. The van der Waals surface area contributed by atoms with Gasteiger partial charge in [0, 0.05) is 11.1 Å². The van der Waals surface area contributed by atoms with Crippen LogP contribution in [-0.4, -0.2) is 16.7 Å². The number of H-pyrrole nitrogens is 1. The molecule has 4 heteroatoms. The number of rotatable bonds is 3. The number of azo groups is 1. The summed E-state index contributed by atoms with van der Waals surface area (Å²) < 4.78 is 0. The molecule has 1 aromatic heterocycles. The highest BCUT2D eigenvalue weighted by molar-refractivity contribution is 5.22. The van der Waals surface area contributed by atoms with Gasteiger partial charge in [0.1, 0.15) is 0 Å². The summed E-state index contributed by atoms with van der Waals surface area (Å²) >= 11 is 0. The Hall–Kier alpha value is -1.45. The number of nitrogens with zero attached hydrogens (tertiary/aromatic N) is 3. The molecule has 0 bridgehead atoms. The number of aromatic nitrogens is 2. The van der Waals surface area contributed by atoms with E-state index in [1.807, 2.05) is 6.20 Å². The summed E-state index contributed by atoms with van der Waals surface area (Å²) in [5.41, 5.74) is 3.75. The third-order valence-electron chi connectivity index (χ3n) is 3.44. The first-order chi connectivity index (χ1) is 8.29. The fourth-order valence-corrected chi connectivity index (χ4v) is 2.08. The minimum atomic E-state index is 0.0746. The molecule has 1 aliphatic heterocycles. The average molecular weight is 246 g/mol. The lowest BCUT2D eigenvalue weighted by Crippen LogP contribution is -2.19. The zero-order valence-corrected chi connectivity index (χ0v) is 11.9. The van der Waals surface area contributed by atoms with Gasteiger partial charge >= 0.3 is 0 Å². The molecule has 0 radical (unpaired) electrons. The summed E-state index contributed by atoms with van der Waals surface area (Å²) in [6.07, 6.45) is 2.83. The van der Waals surface area contributed by atoms with Crippen molar-refractivity contribution in [1.82, 2.24) is 10.2 Å². The minimum Gasteiger partial charge on any atom is -0.282 e. The van der Waals surface area contributed by atoms with Crippen molar-refractivity contribution < 1.29 is 0 Å². The van der Waals surface area contributed by atoms with Crippen LogP contribution in [-0.2, 0) is 11.8 Å². The molecule has 1 aliphatic rings. The quantitative estimate of drug-likeness (QED) is 0.870. The van der Waals surface area contributed by atoms with Gasteiger partial charge in [-0.2, -0.15) is 15.3 Å². The summed E-state index contributed by atoms with van der Waals surface area (Å²) in [6.45, 7) is 11.7. The van der Waals surface area contributed by atoms with E-state index in [2.05, 4.69) is 61.1 Å². The maximum atomic E-state index is 4.41. The van der Waals surface area contributed by atoms with E-state index in [0.29, 0.717) is 0 Å². The first-order valence-corrected chi connectivity index (χ1v) is 6.40. The Morgan fingerprint density at radius 1 is 1.22 bits per heavy atom. The molecule has 0 saturated heterocycles. The Bertz CT molecular complexity index is 486. The van der Waals surface area contributed by atoms with Crippen LogP contribution >= 0.6 is 0 Å². The second-order valence-electron chi connectivity index (χ2n) is 6.66. The lowest BCUT2D eigenvalue weighted by Gasteiger charge is -2.24. The summed E-state index contributed by atoms with van der Waals surface area (Å²) in [5, 5.41) is 15.5. The molecule has 4 nitrogen and oxygen atoms in total. The molecular weight excluding hydrogens is 224 g/mol. The van der Waals surface area contributed by atoms with Crippen LogP contribution in [0, 0.1) is 5.41 Å². The van der Waals surface area contributed by atoms with Gasteiger partial charge in [-0.25, -0.2) is 0 Å². The summed E-state index contributed by atoms with van der Waals surface area (Å²) in [7, 11) is 0. The molecule has 1 N–H and O–H groups in total. The molecule has 1 aromatic rings. The summed E-state index contributed by atoms with van der Waals surface area (Å²) in [4.78, 5) is 0. The Balaban J connectivity index is 2.12. The Morgan fingerprint density at radius 2 is 1.94 bits per heavy atom. The molecule has 0 aromatic carbocycles. The molecule has 98 valence electrons. The van der Waals surface area contributed by atoms with Gasteiger partial charge in [-0.05, 0) is 23.5 Å². The lowest BCUT2D eigenvalue weighted by atomic mass is 9.80. The predicted molar refractivity (Wildman–Crippen MR) is 72.6 cm³/mol. The van der Waals surface area contributed by atoms with Gasteiger partial charge in [-0.3, -0.25) is 5.10 Å². The van der Waals surface area contributed by atoms with Crippen LogP contribution in [0.15, 0.2) is 28.1 Å². The zero-order chi connectivity index (χ0) is 13.4. The molecule has 2 rings (SSSR count). The number of hydrogen-bond donors (Lipinski definition) is 1. The molecule has 18 heavy (non-hydrogen) atoms. The number of hydrogen-bond acceptors (Lipinski definition) is 3. The van der Waals surface area contributed by atoms with Crippen LogP contribution in [0.25, 0.3) is 0 Å². The van der Waals surface area contributed by atoms with Crippen LogP contribution in [0.3, 0.4) is 0 Å². The van der Waals surface area contributed by atoms with Crippen molar-refractivity contribution in [3.05, 3.63) is 29.2 Å². The van der Waals surface area contributed by atoms with E-state index in [4.69, 9.17) is 0 Å². The van der Waals surface area contributed by atoms with Crippen LogP contribution in [0.5, 0.6) is 0 Å². The van der Waals surface area contributed by atoms with E-state index in [1.165, 1.54) is 11.3 Å². The highest BCUT2D eigenvalue weighted by Gasteiger charge is 2.27. The molecule has 0 saturated carbocycles. The lowest BCUT2D eigenvalue weighted by molar-refractivity contribution is 0.434. The largest absolute Gasteiger partial charge is 0.282 e. The molecular formula is C14H22N4. The second kappa shape index (κ2) is 4.34. The fraction of sp³-hybridized carbons (Fsp3) is 0.643. The van der Waals surface area contributed by atoms with Gasteiger partial charge in [0.15, 0.2) is 0 Å². The van der Waals surface area contributed by atoms with Crippen molar-refractivity contribution >= 4 is 0 Å². The minimum absolute atomic E-state index is 0.0746. The SMILES string of the molecule is CC(C)(Cc1cc(C(C)(C)C)n[nH]1)C1=CN=NC1. The highest BCUT2D eigenvalue weighted by atomic mass is 15.1. The predicted octanol–water partition coefficient (Wildman–Crippen LogP) is 3.63. The standard InChI is InChI=1S/C14H22N4/c1-13(2,3)12-6-11(17-18-12)7-14(4,5)10-8-15-16-9-10/h6,8H,7,9H2,1-5H3,(H,17,18). The zero-order valence-electron chi connectivity index (χ0n) is 11.9. The van der Waals surface area contributed by atoms with Gasteiger partial charge in [-0.1, -0.05) is 34.6 Å². The average Bonchev–Trinajstić information content (AvgIpc) is 2.83. The molecule has 0 fully saturated rings. The van der Waals surface area contributed by atoms with Crippen molar-refractivity contribution in [2.45, 2.75) is 46.5 Å². The first-order valence-electron chi connectivity index (χ1n) is 6.40. The van der Waals surface area contributed by atoms with Crippen molar-refractivity contribution in [2.24, 2.45) is 15.6 Å². The summed E-state index contributed by atoms with van der Waals surface area (Å²) in [5.74, 6) is 0. The fourth-order valence-electron chi connectivity index (χ4n) is 2.08. The number of nitrogens with one attached hydrogen (secondary N) is 1. The van der Waals surface area contributed by atoms with Gasteiger partial charge < -0.3 is 0 Å². The van der Waals surface area contributed by atoms with Crippen molar-refractivity contribution in [2.75, 3.05) is 6.54 Å². The van der Waals surface area contributed by atoms with Crippen LogP contribution < -0.4 is 0 Å². The van der Waals surface area contributed by atoms with Crippen molar-refractivity contribution in [1.29, 1.82) is 0 Å². The molecule has 0 atom stereocenters. The maximum absolute atomic E-state index is 4.41. The van der Waals surface area contributed by atoms with Gasteiger partial charge in [0.25, 0.3) is 0 Å². The van der Waals surface area contributed by atoms with Crippen molar-refractivity contribution in [3.8, 4) is 0 Å². The van der Waals surface area contributed by atoms with E-state index in [-0.39, 0.29) is 10.8 Å². The second-order valence-corrected chi connectivity index (χ2v) is 6.66. The normalized spacial score (nSPS) is 16.2. The monoisotopic (exact) mass is 246 g/mol. The number of aromatic amines is 1. The van der Waals surface area contributed by atoms with E-state index in [0.717, 1.165) is 18.7 Å². The molecule has 0 spiro atoms. The van der Waals surface area contributed by atoms with E-state index < -0.39 is 0 Å². The Morgan fingerprint density at radius 3 is 2.44 bits per heavy atom. The molecule has 0 amide bonds. The van der Waals surface area contributed by atoms with Crippen LogP contribution in [0.1, 0.15) is 46.0 Å². The van der Waals surface area contributed by atoms with E-state index in [1.54, 1.807) is 0 Å². The molecule has 0 aliphatic carbocycles. The Labute approximate surface area is 109 Å². The molecule has 0 unspecified atom stereocenters. The van der Waals surface area contributed by atoms with Gasteiger partial charge in [0.05, 0.1) is 18.4 Å². The van der Waals surface area contributed by atoms with Crippen molar-refractivity contribution in [3.63, 3.8) is 0 Å². The van der Waals surface area contributed by atoms with Gasteiger partial charge in [-0.15, -0.1) is 0 Å². The van der Waals surface area contributed by atoms with Gasteiger partial charge in [0.2, 0.25) is 0 Å². The molecule has 2 heterocycles. The smallest absolute Gasteiger partial charge is 0.0837 e. The topological polar surface area (TPSA) is 53.4 Å². The highest BCUT2D eigenvalue weighted by Crippen LogP contribution is 2.33. The van der Waals surface area contributed by atoms with E-state index >= 15 is 0 Å². The summed E-state index contributed by atoms with van der Waals surface area (Å²) in [6, 6.07) is 2.17. The van der Waals surface area contributed by atoms with E-state index in [9.17, 15) is 0 Å². The van der Waals surface area contributed by atoms with Crippen LogP contribution in [0.4, 0.5) is 0 Å². The maximum Gasteiger partial charge on any atom is 0.0837 e.